The van der Waals surface area contributed by atoms with Gasteiger partial charge in [-0.1, -0.05) is 5.16 Å². The average Bonchev–Trinajstić information content (AvgIpc) is 2.96. The Morgan fingerprint density at radius 2 is 2.41 bits per heavy atom. The van der Waals surface area contributed by atoms with Crippen LogP contribution in [0, 0.1) is 0 Å². The third kappa shape index (κ3) is 1.68. The highest BCUT2D eigenvalue weighted by molar-refractivity contribution is 5.51. The molecule has 1 aliphatic rings. The van der Waals surface area contributed by atoms with E-state index in [1.807, 2.05) is 6.92 Å². The molecule has 1 atom stereocenters. The van der Waals surface area contributed by atoms with Gasteiger partial charge in [-0.15, -0.1) is 0 Å². The summed E-state index contributed by atoms with van der Waals surface area (Å²) in [7, 11) is 0. The van der Waals surface area contributed by atoms with Crippen LogP contribution in [0.25, 0.3) is 11.6 Å². The highest BCUT2D eigenvalue weighted by Gasteiger charge is 2.36. The van der Waals surface area contributed by atoms with Crippen molar-refractivity contribution in [3.05, 3.63) is 11.9 Å². The second-order valence-electron chi connectivity index (χ2n) is 4.31. The molecule has 0 amide bonds. The molecule has 0 bridgehead atoms. The van der Waals surface area contributed by atoms with E-state index in [9.17, 15) is 0 Å². The number of ether oxygens (including phenoxy) is 1. The molecule has 0 radical (unpaired) electrons. The van der Waals surface area contributed by atoms with Gasteiger partial charge in [0.2, 0.25) is 5.82 Å². The zero-order valence-electron chi connectivity index (χ0n) is 9.43. The van der Waals surface area contributed by atoms with Crippen LogP contribution in [-0.4, -0.2) is 26.9 Å². The summed E-state index contributed by atoms with van der Waals surface area (Å²) in [6, 6.07) is 1.65. The predicted octanol–water partition coefficient (Wildman–Crippen LogP) is 1.07. The summed E-state index contributed by atoms with van der Waals surface area (Å²) >= 11 is 0. The fourth-order valence-electron chi connectivity index (χ4n) is 1.95. The van der Waals surface area contributed by atoms with Crippen molar-refractivity contribution in [1.29, 1.82) is 0 Å². The maximum Gasteiger partial charge on any atom is 0.276 e. The van der Waals surface area contributed by atoms with Gasteiger partial charge in [-0.3, -0.25) is 5.10 Å². The first-order valence-corrected chi connectivity index (χ1v) is 5.47. The topological polar surface area (TPSA) is 103 Å². The number of hydrogen-bond acceptors (Lipinski definition) is 6. The fourth-order valence-corrected chi connectivity index (χ4v) is 1.95. The average molecular weight is 235 g/mol. The molecular formula is C10H13N5O2. The molecule has 3 rings (SSSR count). The Balaban J connectivity index is 1.92. The molecule has 1 saturated heterocycles. The number of rotatable bonds is 2. The largest absolute Gasteiger partial charge is 0.382 e. The highest BCUT2D eigenvalue weighted by atomic mass is 16.5. The van der Waals surface area contributed by atoms with E-state index in [1.54, 1.807) is 6.07 Å². The minimum absolute atomic E-state index is 0.376. The van der Waals surface area contributed by atoms with Crippen molar-refractivity contribution in [1.82, 2.24) is 20.3 Å². The molecule has 0 saturated carbocycles. The molecule has 0 spiro atoms. The second-order valence-corrected chi connectivity index (χ2v) is 4.31. The zero-order chi connectivity index (χ0) is 11.9. The first kappa shape index (κ1) is 10.3. The van der Waals surface area contributed by atoms with Gasteiger partial charge in [0.25, 0.3) is 5.89 Å². The monoisotopic (exact) mass is 235 g/mol. The lowest BCUT2D eigenvalue weighted by Gasteiger charge is -2.17. The summed E-state index contributed by atoms with van der Waals surface area (Å²) in [5, 5.41) is 10.5. The molecule has 2 aromatic rings. The number of nitrogens with two attached hydrogens (primary N) is 1. The van der Waals surface area contributed by atoms with E-state index >= 15 is 0 Å². The predicted molar refractivity (Wildman–Crippen MR) is 58.8 cm³/mol. The number of H-pyrrole nitrogens is 1. The summed E-state index contributed by atoms with van der Waals surface area (Å²) in [4.78, 5) is 4.32. The van der Waals surface area contributed by atoms with E-state index in [4.69, 9.17) is 15.0 Å². The third-order valence-corrected chi connectivity index (χ3v) is 2.95. The molecule has 3 heterocycles. The van der Waals surface area contributed by atoms with Crippen molar-refractivity contribution in [2.24, 2.45) is 0 Å². The van der Waals surface area contributed by atoms with Crippen LogP contribution in [0.4, 0.5) is 5.82 Å². The first-order valence-electron chi connectivity index (χ1n) is 5.47. The van der Waals surface area contributed by atoms with Crippen LogP contribution >= 0.6 is 0 Å². The van der Waals surface area contributed by atoms with E-state index in [0.29, 0.717) is 23.2 Å². The van der Waals surface area contributed by atoms with Crippen LogP contribution in [-0.2, 0) is 10.3 Å². The Morgan fingerprint density at radius 1 is 1.53 bits per heavy atom. The van der Waals surface area contributed by atoms with Gasteiger partial charge in [-0.2, -0.15) is 10.1 Å². The number of hydrogen-bond donors (Lipinski definition) is 2. The van der Waals surface area contributed by atoms with Crippen LogP contribution in [0.1, 0.15) is 25.6 Å². The number of anilines is 1. The van der Waals surface area contributed by atoms with Gasteiger partial charge in [0.1, 0.15) is 17.1 Å². The van der Waals surface area contributed by atoms with Crippen molar-refractivity contribution in [3.8, 4) is 11.6 Å². The Hall–Kier alpha value is -1.89. The fraction of sp³-hybridized carbons (Fsp3) is 0.500. The second kappa shape index (κ2) is 3.56. The van der Waals surface area contributed by atoms with Gasteiger partial charge in [0, 0.05) is 12.7 Å². The van der Waals surface area contributed by atoms with Gasteiger partial charge in [0.05, 0.1) is 0 Å². The molecule has 0 aliphatic carbocycles. The quantitative estimate of drug-likeness (QED) is 0.806. The van der Waals surface area contributed by atoms with Crippen LogP contribution in [0.15, 0.2) is 10.6 Å². The summed E-state index contributed by atoms with van der Waals surface area (Å²) in [6.07, 6.45) is 1.91. The van der Waals surface area contributed by atoms with E-state index in [-0.39, 0.29) is 0 Å². The Bertz CT molecular complexity index is 526. The van der Waals surface area contributed by atoms with Crippen molar-refractivity contribution in [3.63, 3.8) is 0 Å². The molecule has 1 unspecified atom stereocenters. The summed E-state index contributed by atoms with van der Waals surface area (Å²) < 4.78 is 10.8. The summed E-state index contributed by atoms with van der Waals surface area (Å²) in [5.74, 6) is 1.34. The minimum atomic E-state index is -0.437. The standard InChI is InChI=1S/C10H13N5O2/c1-10(3-2-4-16-10)9-12-8(17-15-9)6-5-7(11)14-13-6/h5H,2-4H2,1H3,(H3,11,13,14). The van der Waals surface area contributed by atoms with Gasteiger partial charge >= 0.3 is 0 Å². The van der Waals surface area contributed by atoms with Crippen LogP contribution < -0.4 is 5.73 Å². The van der Waals surface area contributed by atoms with E-state index in [2.05, 4.69) is 20.3 Å². The lowest BCUT2D eigenvalue weighted by molar-refractivity contribution is 0.00768. The Morgan fingerprint density at radius 3 is 3.06 bits per heavy atom. The van der Waals surface area contributed by atoms with Crippen LogP contribution in [0.5, 0.6) is 0 Å². The van der Waals surface area contributed by atoms with Gasteiger partial charge < -0.3 is 15.0 Å². The third-order valence-electron chi connectivity index (χ3n) is 2.95. The number of nitrogens with one attached hydrogen (secondary N) is 1. The van der Waals surface area contributed by atoms with Gasteiger partial charge in [-0.05, 0) is 19.8 Å². The van der Waals surface area contributed by atoms with E-state index in [0.717, 1.165) is 19.4 Å². The first-order chi connectivity index (χ1) is 8.17. The number of aromatic amines is 1. The number of nitrogen functional groups attached to an aromatic ring is 1. The number of aromatic nitrogens is 4. The molecule has 3 N–H and O–H groups in total. The molecule has 2 aromatic heterocycles. The highest BCUT2D eigenvalue weighted by Crippen LogP contribution is 2.34. The van der Waals surface area contributed by atoms with Crippen molar-refractivity contribution < 1.29 is 9.26 Å². The van der Waals surface area contributed by atoms with Crippen molar-refractivity contribution in [2.75, 3.05) is 12.3 Å². The Labute approximate surface area is 97.3 Å². The Kier molecular flexibility index (Phi) is 2.15. The molecule has 17 heavy (non-hydrogen) atoms. The maximum atomic E-state index is 5.65. The molecular weight excluding hydrogens is 222 g/mol. The van der Waals surface area contributed by atoms with E-state index < -0.39 is 5.60 Å². The molecule has 1 fully saturated rings. The number of nitrogens with zero attached hydrogens (tertiary/aromatic N) is 3. The summed E-state index contributed by atoms with van der Waals surface area (Å²) in [6.45, 7) is 2.70. The normalized spacial score (nSPS) is 24.3. The van der Waals surface area contributed by atoms with Crippen molar-refractivity contribution >= 4 is 5.82 Å². The van der Waals surface area contributed by atoms with Crippen molar-refractivity contribution in [2.45, 2.75) is 25.4 Å². The SMILES string of the molecule is CC1(c2noc(-c3cc(N)n[nH]3)n2)CCCO1. The molecule has 0 aromatic carbocycles. The lowest BCUT2D eigenvalue weighted by Crippen LogP contribution is -2.21. The smallest absolute Gasteiger partial charge is 0.276 e. The molecule has 90 valence electrons. The van der Waals surface area contributed by atoms with Gasteiger partial charge in [0.15, 0.2) is 0 Å². The molecule has 1 aliphatic heterocycles. The zero-order valence-corrected chi connectivity index (χ0v) is 9.43. The lowest BCUT2D eigenvalue weighted by atomic mass is 10.0. The van der Waals surface area contributed by atoms with Gasteiger partial charge in [-0.25, -0.2) is 0 Å². The molecule has 7 nitrogen and oxygen atoms in total. The van der Waals surface area contributed by atoms with Crippen LogP contribution in [0.2, 0.25) is 0 Å². The minimum Gasteiger partial charge on any atom is -0.382 e. The van der Waals surface area contributed by atoms with E-state index in [1.165, 1.54) is 0 Å². The molecule has 7 heteroatoms. The maximum absolute atomic E-state index is 5.65. The van der Waals surface area contributed by atoms with Crippen LogP contribution in [0.3, 0.4) is 0 Å². The summed E-state index contributed by atoms with van der Waals surface area (Å²) in [5.41, 5.74) is 5.69.